The van der Waals surface area contributed by atoms with Crippen molar-refractivity contribution in [1.82, 2.24) is 9.21 Å². The maximum Gasteiger partial charge on any atom is 0.214 e. The van der Waals surface area contributed by atoms with Gasteiger partial charge in [0.2, 0.25) is 10.0 Å². The zero-order valence-corrected chi connectivity index (χ0v) is 15.9. The molecule has 2 saturated heterocycles. The fourth-order valence-electron chi connectivity index (χ4n) is 4.47. The summed E-state index contributed by atoms with van der Waals surface area (Å²) in [6.45, 7) is 8.88. The van der Waals surface area contributed by atoms with Crippen molar-refractivity contribution in [2.75, 3.05) is 25.4 Å². The number of hydrogen-bond acceptors (Lipinski definition) is 3. The Kier molecular flexibility index (Phi) is 5.05. The van der Waals surface area contributed by atoms with Gasteiger partial charge in [0.1, 0.15) is 0 Å². The van der Waals surface area contributed by atoms with Crippen LogP contribution in [0.15, 0.2) is 30.3 Å². The van der Waals surface area contributed by atoms with Crippen LogP contribution in [-0.4, -0.2) is 49.1 Å². The molecule has 1 spiro atoms. The molecular formula is C19H30N2O2S. The molecule has 0 aliphatic carbocycles. The molecule has 2 aliphatic heterocycles. The van der Waals surface area contributed by atoms with E-state index < -0.39 is 10.0 Å². The molecule has 2 aliphatic rings. The third-order valence-corrected chi connectivity index (χ3v) is 7.84. The van der Waals surface area contributed by atoms with Crippen LogP contribution in [0.4, 0.5) is 0 Å². The van der Waals surface area contributed by atoms with E-state index in [1.54, 1.807) is 4.31 Å². The number of likely N-dealkylation sites (tertiary alicyclic amines) is 1. The average molecular weight is 351 g/mol. The quantitative estimate of drug-likeness (QED) is 0.818. The van der Waals surface area contributed by atoms with E-state index in [0.717, 1.165) is 19.4 Å². The fraction of sp³-hybridized carbons (Fsp3) is 0.684. The number of benzene rings is 1. The minimum absolute atomic E-state index is 0.240. The molecule has 1 aromatic carbocycles. The van der Waals surface area contributed by atoms with Gasteiger partial charge in [0.05, 0.1) is 5.75 Å². The highest BCUT2D eigenvalue weighted by Gasteiger charge is 2.55. The first kappa shape index (κ1) is 17.9. The molecule has 1 aromatic rings. The maximum absolute atomic E-state index is 12.3. The maximum atomic E-state index is 12.3. The molecule has 2 heterocycles. The van der Waals surface area contributed by atoms with Crippen molar-refractivity contribution in [3.63, 3.8) is 0 Å². The van der Waals surface area contributed by atoms with Crippen LogP contribution in [0.2, 0.25) is 0 Å². The summed E-state index contributed by atoms with van der Waals surface area (Å²) in [7, 11) is -3.06. The third-order valence-electron chi connectivity index (χ3n) is 5.76. The number of rotatable bonds is 5. The van der Waals surface area contributed by atoms with E-state index in [2.05, 4.69) is 49.1 Å². The van der Waals surface area contributed by atoms with Crippen molar-refractivity contribution in [3.05, 3.63) is 35.9 Å². The molecule has 3 rings (SSSR count). The molecule has 0 radical (unpaired) electrons. The number of piperidine rings is 1. The van der Waals surface area contributed by atoms with E-state index in [4.69, 9.17) is 0 Å². The lowest BCUT2D eigenvalue weighted by atomic mass is 9.63. The van der Waals surface area contributed by atoms with Gasteiger partial charge in [0, 0.05) is 37.1 Å². The number of hydrogen-bond donors (Lipinski definition) is 0. The summed E-state index contributed by atoms with van der Waals surface area (Å²) in [5, 5.41) is 0. The van der Waals surface area contributed by atoms with Gasteiger partial charge in [-0.2, -0.15) is 0 Å². The van der Waals surface area contributed by atoms with Crippen molar-refractivity contribution in [1.29, 1.82) is 0 Å². The van der Waals surface area contributed by atoms with E-state index >= 15 is 0 Å². The molecule has 1 atom stereocenters. The van der Waals surface area contributed by atoms with E-state index in [0.29, 0.717) is 31.6 Å². The van der Waals surface area contributed by atoms with Crippen LogP contribution >= 0.6 is 0 Å². The molecular weight excluding hydrogens is 320 g/mol. The molecule has 1 unspecified atom stereocenters. The minimum atomic E-state index is -3.06. The van der Waals surface area contributed by atoms with Gasteiger partial charge < -0.3 is 0 Å². The normalized spacial score (nSPS) is 25.1. The lowest BCUT2D eigenvalue weighted by Gasteiger charge is -2.62. The van der Waals surface area contributed by atoms with Crippen LogP contribution in [-0.2, 0) is 10.0 Å². The Morgan fingerprint density at radius 1 is 1.17 bits per heavy atom. The van der Waals surface area contributed by atoms with E-state index in [-0.39, 0.29) is 11.2 Å². The molecule has 0 saturated carbocycles. The Hall–Kier alpha value is -0.910. The summed E-state index contributed by atoms with van der Waals surface area (Å²) in [6.07, 6.45) is 2.63. The molecule has 5 heteroatoms. The second kappa shape index (κ2) is 6.77. The predicted molar refractivity (Wildman–Crippen MR) is 98.3 cm³/mol. The first-order chi connectivity index (χ1) is 11.4. The highest BCUT2D eigenvalue weighted by molar-refractivity contribution is 7.89. The lowest BCUT2D eigenvalue weighted by Crippen LogP contribution is -2.64. The summed E-state index contributed by atoms with van der Waals surface area (Å²) in [6, 6.07) is 11.7. The largest absolute Gasteiger partial charge is 0.293 e. The lowest BCUT2D eigenvalue weighted by molar-refractivity contribution is -0.121. The van der Waals surface area contributed by atoms with Crippen LogP contribution in [0.5, 0.6) is 0 Å². The van der Waals surface area contributed by atoms with E-state index in [1.165, 1.54) is 5.56 Å². The highest BCUT2D eigenvalue weighted by Crippen LogP contribution is 2.55. The smallest absolute Gasteiger partial charge is 0.214 e. The van der Waals surface area contributed by atoms with E-state index in [1.807, 2.05) is 6.92 Å². The zero-order valence-electron chi connectivity index (χ0n) is 15.1. The SMILES string of the molecule is CCCS(=O)(=O)N1CCC2(CC1)CN(C(C)C)C2c1ccccc1. The summed E-state index contributed by atoms with van der Waals surface area (Å²) >= 11 is 0. The molecule has 0 bridgehead atoms. The van der Waals surface area contributed by atoms with Gasteiger partial charge in [-0.3, -0.25) is 4.90 Å². The second-order valence-electron chi connectivity index (χ2n) is 7.66. The average Bonchev–Trinajstić information content (AvgIpc) is 2.54. The fourth-order valence-corrected chi connectivity index (χ4v) is 5.98. The van der Waals surface area contributed by atoms with Gasteiger partial charge in [0.15, 0.2) is 0 Å². The second-order valence-corrected chi connectivity index (χ2v) is 9.75. The van der Waals surface area contributed by atoms with Crippen LogP contribution < -0.4 is 0 Å². The first-order valence-corrected chi connectivity index (χ1v) is 10.8. The highest BCUT2D eigenvalue weighted by atomic mass is 32.2. The van der Waals surface area contributed by atoms with Crippen LogP contribution in [0.3, 0.4) is 0 Å². The Morgan fingerprint density at radius 2 is 1.79 bits per heavy atom. The molecule has 2 fully saturated rings. The summed E-state index contributed by atoms with van der Waals surface area (Å²) in [4.78, 5) is 2.56. The van der Waals surface area contributed by atoms with Gasteiger partial charge in [-0.1, -0.05) is 37.3 Å². The van der Waals surface area contributed by atoms with Crippen molar-refractivity contribution in [2.24, 2.45) is 5.41 Å². The van der Waals surface area contributed by atoms with Crippen molar-refractivity contribution >= 4 is 10.0 Å². The predicted octanol–water partition coefficient (Wildman–Crippen LogP) is 3.27. The van der Waals surface area contributed by atoms with Gasteiger partial charge >= 0.3 is 0 Å². The van der Waals surface area contributed by atoms with Crippen molar-refractivity contribution in [2.45, 2.75) is 52.1 Å². The van der Waals surface area contributed by atoms with Crippen molar-refractivity contribution in [3.8, 4) is 0 Å². The Morgan fingerprint density at radius 3 is 2.33 bits per heavy atom. The van der Waals surface area contributed by atoms with Crippen LogP contribution in [0.1, 0.15) is 51.6 Å². The molecule has 4 nitrogen and oxygen atoms in total. The Labute approximate surface area is 146 Å². The first-order valence-electron chi connectivity index (χ1n) is 9.18. The summed E-state index contributed by atoms with van der Waals surface area (Å²) < 4.78 is 26.4. The van der Waals surface area contributed by atoms with Crippen LogP contribution in [0, 0.1) is 5.41 Å². The Balaban J connectivity index is 1.77. The van der Waals surface area contributed by atoms with Gasteiger partial charge in [0.25, 0.3) is 0 Å². The topological polar surface area (TPSA) is 40.6 Å². The standard InChI is InChI=1S/C19H30N2O2S/c1-4-14-24(22,23)20-12-10-19(11-13-20)15-21(16(2)3)18(19)17-8-6-5-7-9-17/h5-9,16,18H,4,10-15H2,1-3H3. The zero-order chi connectivity index (χ0) is 17.4. The van der Waals surface area contributed by atoms with E-state index in [9.17, 15) is 8.42 Å². The third kappa shape index (κ3) is 3.14. The molecule has 134 valence electrons. The summed E-state index contributed by atoms with van der Waals surface area (Å²) in [5.74, 6) is 0.278. The molecule has 0 aromatic heterocycles. The minimum Gasteiger partial charge on any atom is -0.293 e. The van der Waals surface area contributed by atoms with Crippen molar-refractivity contribution < 1.29 is 8.42 Å². The number of nitrogens with zero attached hydrogens (tertiary/aromatic N) is 2. The van der Waals surface area contributed by atoms with Gasteiger partial charge in [-0.15, -0.1) is 0 Å². The monoisotopic (exact) mass is 350 g/mol. The number of sulfonamides is 1. The Bertz CT molecular complexity index is 649. The van der Waals surface area contributed by atoms with Gasteiger partial charge in [-0.05, 0) is 38.7 Å². The molecule has 24 heavy (non-hydrogen) atoms. The van der Waals surface area contributed by atoms with Gasteiger partial charge in [-0.25, -0.2) is 12.7 Å². The summed E-state index contributed by atoms with van der Waals surface area (Å²) in [5.41, 5.74) is 1.62. The molecule has 0 N–H and O–H groups in total. The molecule has 0 amide bonds. The van der Waals surface area contributed by atoms with Crippen LogP contribution in [0.25, 0.3) is 0 Å².